The van der Waals surface area contributed by atoms with Gasteiger partial charge >= 0.3 is 18.5 Å². The largest absolute Gasteiger partial charge is 0.416 e. The van der Waals surface area contributed by atoms with Gasteiger partial charge < -0.3 is 10.2 Å². The van der Waals surface area contributed by atoms with Crippen LogP contribution in [0.1, 0.15) is 123 Å². The summed E-state index contributed by atoms with van der Waals surface area (Å²) in [5.41, 5.74) is 7.10. The van der Waals surface area contributed by atoms with E-state index in [4.69, 9.17) is 32.2 Å². The minimum atomic E-state index is -4.56. The van der Waals surface area contributed by atoms with E-state index in [0.29, 0.717) is 69.3 Å². The smallest absolute Gasteiger partial charge is 0.388 e. The second-order valence-electron chi connectivity index (χ2n) is 28.1. The van der Waals surface area contributed by atoms with Crippen molar-refractivity contribution in [2.24, 2.45) is 0 Å². The maximum absolute atomic E-state index is 14.6. The van der Waals surface area contributed by atoms with Gasteiger partial charge in [-0.1, -0.05) is 74.0 Å². The van der Waals surface area contributed by atoms with Crippen LogP contribution in [-0.4, -0.2) is 147 Å². The number of alkyl halides is 9. The molecule has 4 heterocycles. The molecule has 0 unspecified atom stereocenters. The van der Waals surface area contributed by atoms with E-state index in [1.54, 1.807) is 48.5 Å². The molecule has 0 bridgehead atoms. The third-order valence-electron chi connectivity index (χ3n) is 20.0. The lowest BCUT2D eigenvalue weighted by Crippen LogP contribution is -2.45. The molecule has 118 heavy (non-hydrogen) atoms. The van der Waals surface area contributed by atoms with Crippen molar-refractivity contribution >= 4 is 75.1 Å². The number of carbonyl (C=O) groups excluding carboxylic acids is 4. The number of hydrogen-bond acceptors (Lipinski definition) is 16. The van der Waals surface area contributed by atoms with Crippen molar-refractivity contribution in [3.8, 4) is 11.1 Å². The van der Waals surface area contributed by atoms with Gasteiger partial charge in [0.15, 0.2) is 11.6 Å². The van der Waals surface area contributed by atoms with Gasteiger partial charge in [0.2, 0.25) is 40.1 Å². The lowest BCUT2D eigenvalue weighted by atomic mass is 9.78. The minimum absolute atomic E-state index is 0.0351. The first-order valence-corrected chi connectivity index (χ1v) is 41.9. The fourth-order valence-corrected chi connectivity index (χ4v) is 20.0. The molecule has 9 aromatic carbocycles. The number of fused-ring (bicyclic) bond motifs is 4. The maximum atomic E-state index is 14.6. The van der Waals surface area contributed by atoms with Crippen molar-refractivity contribution in [1.29, 1.82) is 0 Å². The third kappa shape index (κ3) is 20.9. The zero-order valence-electron chi connectivity index (χ0n) is 62.3. The van der Waals surface area contributed by atoms with Crippen LogP contribution in [0.25, 0.3) is 11.1 Å². The lowest BCUT2D eigenvalue weighted by molar-refractivity contribution is -0.138. The molecule has 6 N–H and O–H groups in total. The Kier molecular flexibility index (Phi) is 28.0. The van der Waals surface area contributed by atoms with Crippen LogP contribution < -0.4 is 11.0 Å². The molecule has 0 radical (unpaired) electrons. The molecule has 22 nitrogen and oxygen atoms in total. The fraction of sp³-hybridized carbons (Fsp3) is 0.275. The Balaban J connectivity index is 0.000000166. The second-order valence-corrected chi connectivity index (χ2v) is 36.3. The van der Waals surface area contributed by atoms with Crippen LogP contribution in [0.3, 0.4) is 0 Å². The van der Waals surface area contributed by atoms with Crippen LogP contribution in [-0.2, 0) is 109 Å². The minimum Gasteiger partial charge on any atom is -0.388 e. The summed E-state index contributed by atoms with van der Waals surface area (Å²) in [5.74, 6) is -3.41. The topological polar surface area (TPSA) is 323 Å². The molecule has 0 saturated heterocycles. The number of halogens is 12. The monoisotopic (exact) mass is 1750 g/mol. The second kappa shape index (κ2) is 36.5. The summed E-state index contributed by atoms with van der Waals surface area (Å²) in [6.07, 6.45) is -11.5. The van der Waals surface area contributed by atoms with Crippen molar-refractivity contribution in [2.45, 2.75) is 109 Å². The summed E-state index contributed by atoms with van der Waals surface area (Å²) in [4.78, 5) is 46.2. The highest BCUT2D eigenvalue weighted by atomic mass is 35.5. The number of nitrogens with one attached hydrogen (secondary N) is 2. The highest BCUT2D eigenvalue weighted by Crippen LogP contribution is 2.40. The number of aliphatic hydroxyl groups is 2. The number of hydroxylamine groups is 2. The number of hydrogen-bond donors (Lipinski definition) is 6. The summed E-state index contributed by atoms with van der Waals surface area (Å²) < 4.78 is 251. The fourth-order valence-electron chi connectivity index (χ4n) is 13.7. The van der Waals surface area contributed by atoms with Gasteiger partial charge in [-0.15, -0.1) is 0 Å². The molecule has 2 amide bonds. The highest BCUT2D eigenvalue weighted by Gasteiger charge is 2.41. The van der Waals surface area contributed by atoms with Crippen molar-refractivity contribution in [2.75, 3.05) is 52.5 Å². The molecule has 0 aliphatic carbocycles. The lowest BCUT2D eigenvalue weighted by Gasteiger charge is -2.39. The Hall–Kier alpha value is -9.74. The molecule has 0 saturated carbocycles. The summed E-state index contributed by atoms with van der Waals surface area (Å²) in [6, 6.07) is 37.6. The van der Waals surface area contributed by atoms with Crippen LogP contribution in [0.4, 0.5) is 48.3 Å². The number of sulfonamides is 4. The first kappa shape index (κ1) is 90.6. The van der Waals surface area contributed by atoms with Crippen molar-refractivity contribution < 1.29 is 122 Å². The van der Waals surface area contributed by atoms with E-state index in [9.17, 15) is 101 Å². The first-order valence-electron chi connectivity index (χ1n) is 35.8. The van der Waals surface area contributed by atoms with Gasteiger partial charge in [0.1, 0.15) is 24.8 Å². The predicted molar refractivity (Wildman–Crippen MR) is 407 cm³/mol. The van der Waals surface area contributed by atoms with Crippen LogP contribution in [0.2, 0.25) is 5.02 Å². The summed E-state index contributed by atoms with van der Waals surface area (Å²) in [7, 11) is -15.8. The van der Waals surface area contributed by atoms with Gasteiger partial charge in [0.25, 0.3) is 11.8 Å². The van der Waals surface area contributed by atoms with Crippen LogP contribution >= 0.6 is 11.6 Å². The van der Waals surface area contributed by atoms with E-state index < -0.39 is 123 Å². The molecule has 38 heteroatoms. The standard InChI is InChI=1S/C23H20F2N2O4S.2C20H20F3NO4S.C17H14ClF3N2O4S/c24-19-6-4-15(5-7-19)16-2-1-3-20(13-16)32(30,31)27-10-8-17-12-18(23(28)26-29)14-22(25)21(17)9-11-27;1-19(2)12-24(10-14-4-3-13(9-17(14)19)18(26)11-25)29(27,28)16-7-5-15(6-8-16)20(21,22)23;21-20(22,23)17-5-7-18(8-6-17)29(27,28)24-10-1-2-14-3-4-16(19(26)13-25)12-15(14)9-11-24;18-15-8-11(16(24)22-25)7-10-5-6-23(9-14(10)15)28(26,27)13-3-1-12(2-4-13)17(19,20)21/h1-7,12-14,29H,8-11H2,(H,26,28);3-9,25H,10-12H2,1-2H3;3-8,12,25H,1-2,9-11,13H2;1-4,7-8,25H,5-6,9H2,(H,22,24). The Bertz CT molecular complexity index is 5750. The number of benzene rings is 9. The van der Waals surface area contributed by atoms with E-state index >= 15 is 0 Å². The van der Waals surface area contributed by atoms with Crippen molar-refractivity contribution in [1.82, 2.24) is 28.2 Å². The SMILES string of the molecule is CC1(C)CN(S(=O)(=O)c2ccc(C(F)(F)F)cc2)Cc2ccc(C(=O)CO)cc21.O=C(CO)c1ccc2c(c1)CCN(S(=O)(=O)c1ccc(C(F)(F)F)cc1)CCC2.O=C(NO)c1cc(Cl)c2c(c1)CCN(S(=O)(=O)c1ccc(C(F)(F)F)cc1)C2.O=C(NO)c1cc(F)c2c(c1)CCN(S(=O)(=O)c1cccc(-c3ccc(F)cc3)c1)CC2. The molecule has 628 valence electrons. The quantitative estimate of drug-likeness (QED) is 0.0240. The van der Waals surface area contributed by atoms with Gasteiger partial charge in [-0.05, 0) is 228 Å². The number of nitrogens with zero attached hydrogens (tertiary/aromatic N) is 4. The van der Waals surface area contributed by atoms with Crippen LogP contribution in [0, 0.1) is 11.6 Å². The van der Waals surface area contributed by atoms with E-state index in [2.05, 4.69) is 0 Å². The summed E-state index contributed by atoms with van der Waals surface area (Å²) in [6.45, 7) is 3.14. The average molecular weight is 1750 g/mol. The van der Waals surface area contributed by atoms with Gasteiger partial charge in [-0.25, -0.2) is 53.4 Å². The van der Waals surface area contributed by atoms with Crippen molar-refractivity contribution in [3.05, 3.63) is 282 Å². The molecule has 9 aromatic rings. The zero-order valence-corrected chi connectivity index (χ0v) is 66.3. The van der Waals surface area contributed by atoms with E-state index in [1.807, 2.05) is 19.9 Å². The third-order valence-corrected chi connectivity index (χ3v) is 27.8. The van der Waals surface area contributed by atoms with Gasteiger partial charge in [0.05, 0.1) is 36.3 Å². The molecule has 0 atom stereocenters. The molecule has 0 spiro atoms. The molecule has 4 aliphatic rings. The zero-order chi connectivity index (χ0) is 86.4. The highest BCUT2D eigenvalue weighted by molar-refractivity contribution is 7.90. The van der Waals surface area contributed by atoms with E-state index in [0.717, 1.165) is 99.9 Å². The summed E-state index contributed by atoms with van der Waals surface area (Å²) >= 11 is 6.17. The number of aryl methyl sites for hydroxylation is 1. The predicted octanol–water partition coefficient (Wildman–Crippen LogP) is 13.2. The molecular formula is C80H74ClF11N6O16S4. The molecule has 0 aromatic heterocycles. The van der Waals surface area contributed by atoms with Gasteiger partial charge in [-0.3, -0.25) is 29.6 Å². The van der Waals surface area contributed by atoms with Gasteiger partial charge in [0, 0.05) is 85.0 Å². The molecule has 4 aliphatic heterocycles. The average Bonchev–Trinajstić information content (AvgIpc) is 1.55. The number of carbonyl (C=O) groups is 4. The van der Waals surface area contributed by atoms with E-state index in [-0.39, 0.29) is 113 Å². The number of Topliss-reactive ketones (excluding diaryl/α,β-unsaturated/α-hetero) is 2. The van der Waals surface area contributed by atoms with E-state index in [1.165, 1.54) is 72.4 Å². The Morgan fingerprint density at radius 3 is 1.34 bits per heavy atom. The normalized spacial score (nSPS) is 15.6. The molecular weight excluding hydrogens is 1670 g/mol. The Morgan fingerprint density at radius 2 is 0.839 bits per heavy atom. The van der Waals surface area contributed by atoms with Crippen molar-refractivity contribution in [3.63, 3.8) is 0 Å². The Morgan fingerprint density at radius 1 is 0.415 bits per heavy atom. The van der Waals surface area contributed by atoms with Gasteiger partial charge in [-0.2, -0.15) is 56.7 Å². The van der Waals surface area contributed by atoms with Crippen LogP contribution in [0.5, 0.6) is 0 Å². The number of amides is 2. The number of ketones is 2. The maximum Gasteiger partial charge on any atom is 0.416 e. The first-order chi connectivity index (χ1) is 55.3. The molecule has 0 fully saturated rings. The number of rotatable bonds is 15. The Labute approximate surface area is 675 Å². The summed E-state index contributed by atoms with van der Waals surface area (Å²) in [5, 5.41) is 35.8. The number of aliphatic hydroxyl groups excluding tert-OH is 2. The molecule has 13 rings (SSSR count). The van der Waals surface area contributed by atoms with Crippen LogP contribution in [0.15, 0.2) is 202 Å².